The number of esters is 1. The van der Waals surface area contributed by atoms with Crippen molar-refractivity contribution in [3.05, 3.63) is 52.2 Å². The van der Waals surface area contributed by atoms with Gasteiger partial charge in [0.15, 0.2) is 5.17 Å². The molecular formula is C25H31N3O4S. The molecule has 1 aromatic carbocycles. The normalized spacial score (nSPS) is 22.5. The first-order valence-electron chi connectivity index (χ1n) is 11.5. The first-order valence-corrected chi connectivity index (χ1v) is 12.3. The molecule has 1 amide bonds. The maximum absolute atomic E-state index is 13.3. The van der Waals surface area contributed by atoms with Crippen LogP contribution in [0.2, 0.25) is 0 Å². The summed E-state index contributed by atoms with van der Waals surface area (Å²) >= 11 is 1.49. The Morgan fingerprint density at radius 3 is 2.70 bits per heavy atom. The predicted octanol–water partition coefficient (Wildman–Crippen LogP) is 4.62. The smallest absolute Gasteiger partial charge is 0.338 e. The van der Waals surface area contributed by atoms with Gasteiger partial charge in [-0.1, -0.05) is 36.9 Å². The lowest BCUT2D eigenvalue weighted by atomic mass is 9.92. The van der Waals surface area contributed by atoms with E-state index in [9.17, 15) is 9.59 Å². The van der Waals surface area contributed by atoms with Crippen molar-refractivity contribution >= 4 is 28.8 Å². The molecule has 3 aliphatic rings. The minimum Gasteiger partial charge on any atom is -0.496 e. The van der Waals surface area contributed by atoms with Gasteiger partial charge in [-0.05, 0) is 44.1 Å². The first kappa shape index (κ1) is 23.4. The Labute approximate surface area is 199 Å². The van der Waals surface area contributed by atoms with Crippen molar-refractivity contribution in [3.63, 3.8) is 0 Å². The Bertz CT molecular complexity index is 1030. The SMILES string of the molecule is CCC1=C(C(=O)OC)[C@H](c2ccccc2OC)N2C(CC(=O)N3CCCC[C@H]3C)=CSC2=N1. The van der Waals surface area contributed by atoms with Crippen LogP contribution in [0.15, 0.2) is 51.6 Å². The summed E-state index contributed by atoms with van der Waals surface area (Å²) in [6, 6.07) is 7.43. The van der Waals surface area contributed by atoms with E-state index in [0.29, 0.717) is 23.4 Å². The molecule has 4 rings (SSSR count). The van der Waals surface area contributed by atoms with Crippen molar-refractivity contribution in [2.24, 2.45) is 4.99 Å². The fraction of sp³-hybridized carbons (Fsp3) is 0.480. The second-order valence-electron chi connectivity index (χ2n) is 8.45. The average molecular weight is 470 g/mol. The van der Waals surface area contributed by atoms with Crippen LogP contribution in [0.3, 0.4) is 0 Å². The van der Waals surface area contributed by atoms with Gasteiger partial charge in [-0.25, -0.2) is 9.79 Å². The summed E-state index contributed by atoms with van der Waals surface area (Å²) in [7, 11) is 3.01. The number of amides is 1. The molecule has 1 aromatic rings. The van der Waals surface area contributed by atoms with Crippen molar-refractivity contribution in [2.75, 3.05) is 20.8 Å². The van der Waals surface area contributed by atoms with E-state index in [1.54, 1.807) is 7.11 Å². The van der Waals surface area contributed by atoms with E-state index >= 15 is 0 Å². The molecule has 0 aliphatic carbocycles. The zero-order chi connectivity index (χ0) is 23.5. The second-order valence-corrected chi connectivity index (χ2v) is 9.29. The highest BCUT2D eigenvalue weighted by Crippen LogP contribution is 2.47. The molecular weight excluding hydrogens is 438 g/mol. The van der Waals surface area contributed by atoms with Crippen LogP contribution in [0.4, 0.5) is 0 Å². The number of hydrogen-bond acceptors (Lipinski definition) is 7. The van der Waals surface area contributed by atoms with Gasteiger partial charge in [-0.3, -0.25) is 4.79 Å². The van der Waals surface area contributed by atoms with Gasteiger partial charge in [-0.15, -0.1) is 0 Å². The zero-order valence-corrected chi connectivity index (χ0v) is 20.5. The molecule has 176 valence electrons. The zero-order valence-electron chi connectivity index (χ0n) is 19.7. The predicted molar refractivity (Wildman–Crippen MR) is 130 cm³/mol. The maximum Gasteiger partial charge on any atom is 0.338 e. The number of benzene rings is 1. The number of methoxy groups -OCH3 is 2. The molecule has 3 aliphatic heterocycles. The average Bonchev–Trinajstić information content (AvgIpc) is 3.24. The molecule has 0 bridgehead atoms. The quantitative estimate of drug-likeness (QED) is 0.566. The van der Waals surface area contributed by atoms with Crippen LogP contribution in [0.25, 0.3) is 0 Å². The lowest BCUT2D eigenvalue weighted by molar-refractivity contribution is -0.136. The minimum atomic E-state index is -0.483. The van der Waals surface area contributed by atoms with Gasteiger partial charge in [0.25, 0.3) is 0 Å². The number of ether oxygens (including phenoxy) is 2. The van der Waals surface area contributed by atoms with E-state index in [1.807, 2.05) is 46.4 Å². The number of thioether (sulfide) groups is 1. The van der Waals surface area contributed by atoms with E-state index in [1.165, 1.54) is 18.9 Å². The lowest BCUT2D eigenvalue weighted by Gasteiger charge is -2.38. The number of carbonyl (C=O) groups is 2. The van der Waals surface area contributed by atoms with Gasteiger partial charge in [-0.2, -0.15) is 0 Å². The molecule has 1 fully saturated rings. The highest BCUT2D eigenvalue weighted by Gasteiger charge is 2.43. The molecule has 0 radical (unpaired) electrons. The monoisotopic (exact) mass is 469 g/mol. The Morgan fingerprint density at radius 2 is 2.00 bits per heavy atom. The van der Waals surface area contributed by atoms with E-state index in [2.05, 4.69) is 6.92 Å². The third kappa shape index (κ3) is 4.40. The number of carbonyl (C=O) groups excluding carboxylic acids is 2. The largest absolute Gasteiger partial charge is 0.496 e. The Hall–Kier alpha value is -2.74. The van der Waals surface area contributed by atoms with Crippen LogP contribution in [-0.4, -0.2) is 53.7 Å². The molecule has 8 heteroatoms. The Kier molecular flexibility index (Phi) is 7.12. The van der Waals surface area contributed by atoms with Gasteiger partial charge in [0, 0.05) is 23.8 Å². The number of likely N-dealkylation sites (tertiary alicyclic amines) is 1. The molecule has 0 spiro atoms. The van der Waals surface area contributed by atoms with Crippen LogP contribution in [0.1, 0.15) is 57.6 Å². The molecule has 7 nitrogen and oxygen atoms in total. The van der Waals surface area contributed by atoms with E-state index in [-0.39, 0.29) is 18.4 Å². The van der Waals surface area contributed by atoms with E-state index < -0.39 is 12.0 Å². The molecule has 2 atom stereocenters. The summed E-state index contributed by atoms with van der Waals surface area (Å²) in [6.45, 7) is 4.89. The van der Waals surface area contributed by atoms with Crippen LogP contribution in [0, 0.1) is 0 Å². The third-order valence-corrected chi connectivity index (χ3v) is 7.41. The maximum atomic E-state index is 13.3. The number of piperidine rings is 1. The Balaban J connectivity index is 1.75. The summed E-state index contributed by atoms with van der Waals surface area (Å²) in [5.74, 6) is 0.365. The van der Waals surface area contributed by atoms with Crippen molar-refractivity contribution in [2.45, 2.75) is 58.0 Å². The van der Waals surface area contributed by atoms with Crippen molar-refractivity contribution in [1.29, 1.82) is 0 Å². The van der Waals surface area contributed by atoms with Crippen LogP contribution >= 0.6 is 11.8 Å². The van der Waals surface area contributed by atoms with Gasteiger partial charge in [0.1, 0.15) is 5.75 Å². The molecule has 3 heterocycles. The summed E-state index contributed by atoms with van der Waals surface area (Å²) in [5.41, 5.74) is 2.86. The highest BCUT2D eigenvalue weighted by molar-refractivity contribution is 8.16. The number of aliphatic imine (C=N–C) groups is 1. The minimum absolute atomic E-state index is 0.110. The van der Waals surface area contributed by atoms with Gasteiger partial charge >= 0.3 is 5.97 Å². The van der Waals surface area contributed by atoms with Crippen LogP contribution in [-0.2, 0) is 14.3 Å². The van der Waals surface area contributed by atoms with Crippen LogP contribution < -0.4 is 4.74 Å². The molecule has 1 saturated heterocycles. The number of hydrogen-bond donors (Lipinski definition) is 0. The van der Waals surface area contributed by atoms with Gasteiger partial charge < -0.3 is 19.3 Å². The number of allylic oxidation sites excluding steroid dienone is 1. The topological polar surface area (TPSA) is 71.4 Å². The number of fused-ring (bicyclic) bond motifs is 1. The summed E-state index contributed by atoms with van der Waals surface area (Å²) < 4.78 is 10.8. The third-order valence-electron chi connectivity index (χ3n) is 6.52. The second kappa shape index (κ2) is 10.0. The summed E-state index contributed by atoms with van der Waals surface area (Å²) in [6.07, 6.45) is 4.09. The number of amidine groups is 1. The molecule has 0 aromatic heterocycles. The standard InChI is InChI=1S/C25H31N3O4S/c1-5-19-22(24(30)32-4)23(18-11-6-7-12-20(18)31-3)28-17(15-33-25(28)26-19)14-21(29)27-13-9-8-10-16(27)2/h6-7,11-12,15-16,23H,5,8-10,13-14H2,1-4H3/t16-,23+/m1/s1. The Morgan fingerprint density at radius 1 is 1.21 bits per heavy atom. The van der Waals surface area contributed by atoms with Gasteiger partial charge in [0.05, 0.1) is 38.0 Å². The van der Waals surface area contributed by atoms with Crippen LogP contribution in [0.5, 0.6) is 5.75 Å². The lowest BCUT2D eigenvalue weighted by Crippen LogP contribution is -2.43. The highest BCUT2D eigenvalue weighted by atomic mass is 32.2. The summed E-state index contributed by atoms with van der Waals surface area (Å²) in [5, 5.41) is 2.76. The molecule has 0 N–H and O–H groups in total. The number of rotatable bonds is 6. The molecule has 0 unspecified atom stereocenters. The first-order chi connectivity index (χ1) is 16.0. The molecule has 0 saturated carbocycles. The molecule has 33 heavy (non-hydrogen) atoms. The fourth-order valence-electron chi connectivity index (χ4n) is 4.82. The summed E-state index contributed by atoms with van der Waals surface area (Å²) in [4.78, 5) is 35.1. The number of nitrogens with zero attached hydrogens (tertiary/aromatic N) is 3. The van der Waals surface area contributed by atoms with Crippen molar-refractivity contribution in [3.8, 4) is 5.75 Å². The van der Waals surface area contributed by atoms with Crippen molar-refractivity contribution < 1.29 is 19.1 Å². The fourth-order valence-corrected chi connectivity index (χ4v) is 5.76. The van der Waals surface area contributed by atoms with E-state index in [0.717, 1.165) is 42.2 Å². The van der Waals surface area contributed by atoms with Crippen molar-refractivity contribution in [1.82, 2.24) is 9.80 Å². The number of para-hydroxylation sites is 1. The van der Waals surface area contributed by atoms with E-state index in [4.69, 9.17) is 14.5 Å². The van der Waals surface area contributed by atoms with Gasteiger partial charge in [0.2, 0.25) is 5.91 Å².